The van der Waals surface area contributed by atoms with Gasteiger partial charge in [-0.1, -0.05) is 28.8 Å². The number of nitrogens with zero attached hydrogens (tertiary/aromatic N) is 1. The lowest BCUT2D eigenvalue weighted by atomic mass is 9.93. The molecule has 116 valence electrons. The molecule has 1 N–H and O–H groups in total. The maximum atomic E-state index is 13.3. The van der Waals surface area contributed by atoms with Gasteiger partial charge in [0.2, 0.25) is 0 Å². The molecule has 1 aliphatic heterocycles. The highest BCUT2D eigenvalue weighted by Crippen LogP contribution is 2.40. The number of benzene rings is 1. The zero-order valence-corrected chi connectivity index (χ0v) is 13.2. The van der Waals surface area contributed by atoms with Gasteiger partial charge in [0.05, 0.1) is 5.56 Å². The molecule has 0 aromatic heterocycles. The van der Waals surface area contributed by atoms with Gasteiger partial charge < -0.3 is 10.2 Å². The summed E-state index contributed by atoms with van der Waals surface area (Å²) < 4.78 is 40.3. The van der Waals surface area contributed by atoms with E-state index in [1.807, 2.05) is 4.90 Å². The third-order valence-electron chi connectivity index (χ3n) is 4.54. The number of rotatable bonds is 1. The van der Waals surface area contributed by atoms with Crippen LogP contribution in [0.5, 0.6) is 0 Å². The Morgan fingerprint density at radius 2 is 1.90 bits per heavy atom. The van der Waals surface area contributed by atoms with Gasteiger partial charge >= 0.3 is 6.18 Å². The Kier molecular flexibility index (Phi) is 3.94. The SMILES string of the molecule is FC(F)(F)c1cc(Br)ccc1N1CCNC2(CCCC2)C1. The lowest BCUT2D eigenvalue weighted by molar-refractivity contribution is -0.137. The lowest BCUT2D eigenvalue weighted by Crippen LogP contribution is -2.59. The maximum Gasteiger partial charge on any atom is 0.418 e. The first-order valence-electron chi connectivity index (χ1n) is 7.26. The Hall–Kier alpha value is -0.750. The molecule has 3 rings (SSSR count). The van der Waals surface area contributed by atoms with Crippen molar-refractivity contribution < 1.29 is 13.2 Å². The third kappa shape index (κ3) is 3.06. The molecule has 0 bridgehead atoms. The summed E-state index contributed by atoms with van der Waals surface area (Å²) in [4.78, 5) is 1.90. The van der Waals surface area contributed by atoms with Crippen molar-refractivity contribution in [2.24, 2.45) is 0 Å². The van der Waals surface area contributed by atoms with Crippen LogP contribution >= 0.6 is 15.9 Å². The zero-order valence-electron chi connectivity index (χ0n) is 11.6. The summed E-state index contributed by atoms with van der Waals surface area (Å²) in [5.41, 5.74) is -0.237. The van der Waals surface area contributed by atoms with Crippen LogP contribution in [-0.2, 0) is 6.18 Å². The van der Waals surface area contributed by atoms with Crippen molar-refractivity contribution in [3.63, 3.8) is 0 Å². The Balaban J connectivity index is 1.93. The molecule has 0 amide bonds. The van der Waals surface area contributed by atoms with Crippen molar-refractivity contribution in [2.45, 2.75) is 37.4 Å². The van der Waals surface area contributed by atoms with E-state index in [1.165, 1.54) is 6.07 Å². The van der Waals surface area contributed by atoms with Crippen LogP contribution in [0.1, 0.15) is 31.2 Å². The highest BCUT2D eigenvalue weighted by molar-refractivity contribution is 9.10. The second kappa shape index (κ2) is 5.47. The molecule has 1 heterocycles. The summed E-state index contributed by atoms with van der Waals surface area (Å²) >= 11 is 3.14. The molecule has 1 aromatic carbocycles. The standard InChI is InChI=1S/C15H18BrF3N2/c16-11-3-4-13(12(9-11)15(17,18)19)21-8-7-20-14(10-21)5-1-2-6-14/h3-4,9,20H,1-2,5-8,10H2. The summed E-state index contributed by atoms with van der Waals surface area (Å²) in [5.74, 6) is 0. The van der Waals surface area contributed by atoms with E-state index >= 15 is 0 Å². The van der Waals surface area contributed by atoms with E-state index in [-0.39, 0.29) is 5.54 Å². The largest absolute Gasteiger partial charge is 0.418 e. The molecule has 1 aromatic rings. The van der Waals surface area contributed by atoms with E-state index in [2.05, 4.69) is 21.2 Å². The topological polar surface area (TPSA) is 15.3 Å². The summed E-state index contributed by atoms with van der Waals surface area (Å²) in [6.07, 6.45) is 0.107. The van der Waals surface area contributed by atoms with Gasteiger partial charge in [0.15, 0.2) is 0 Å². The molecule has 2 aliphatic rings. The second-order valence-electron chi connectivity index (χ2n) is 5.99. The van der Waals surface area contributed by atoms with Gasteiger partial charge in [-0.2, -0.15) is 13.2 Å². The van der Waals surface area contributed by atoms with Gasteiger partial charge in [-0.05, 0) is 31.0 Å². The molecule has 6 heteroatoms. The van der Waals surface area contributed by atoms with E-state index < -0.39 is 11.7 Å². The normalized spacial score (nSPS) is 22.0. The van der Waals surface area contributed by atoms with Crippen molar-refractivity contribution >= 4 is 21.6 Å². The number of piperazine rings is 1. The van der Waals surface area contributed by atoms with Gasteiger partial charge in [0.1, 0.15) is 0 Å². The second-order valence-corrected chi connectivity index (χ2v) is 6.91. The monoisotopic (exact) mass is 362 g/mol. The van der Waals surface area contributed by atoms with Crippen LogP contribution in [0.2, 0.25) is 0 Å². The zero-order chi connectivity index (χ0) is 15.1. The first kappa shape index (κ1) is 15.2. The minimum Gasteiger partial charge on any atom is -0.368 e. The molecule has 0 radical (unpaired) electrons. The highest BCUT2D eigenvalue weighted by Gasteiger charge is 2.40. The van der Waals surface area contributed by atoms with Crippen molar-refractivity contribution in [3.05, 3.63) is 28.2 Å². The molecule has 21 heavy (non-hydrogen) atoms. The van der Waals surface area contributed by atoms with Crippen LogP contribution in [0.4, 0.5) is 18.9 Å². The third-order valence-corrected chi connectivity index (χ3v) is 5.03. The summed E-state index contributed by atoms with van der Waals surface area (Å²) in [7, 11) is 0. The molecule has 2 nitrogen and oxygen atoms in total. The average molecular weight is 363 g/mol. The maximum absolute atomic E-state index is 13.3. The van der Waals surface area contributed by atoms with Crippen molar-refractivity contribution in [2.75, 3.05) is 24.5 Å². The Morgan fingerprint density at radius 3 is 2.57 bits per heavy atom. The summed E-state index contributed by atoms with van der Waals surface area (Å²) in [5, 5.41) is 3.53. The molecule has 1 spiro atoms. The van der Waals surface area contributed by atoms with E-state index in [1.54, 1.807) is 12.1 Å². The molecule has 1 aliphatic carbocycles. The van der Waals surface area contributed by atoms with Crippen molar-refractivity contribution in [1.82, 2.24) is 5.32 Å². The van der Waals surface area contributed by atoms with E-state index in [9.17, 15) is 13.2 Å². The van der Waals surface area contributed by atoms with E-state index in [0.717, 1.165) is 32.2 Å². The highest BCUT2D eigenvalue weighted by atomic mass is 79.9. The van der Waals surface area contributed by atoms with E-state index in [0.29, 0.717) is 23.2 Å². The van der Waals surface area contributed by atoms with Crippen LogP contribution in [0.15, 0.2) is 22.7 Å². The summed E-state index contributed by atoms with van der Waals surface area (Å²) in [6.45, 7) is 2.03. The smallest absolute Gasteiger partial charge is 0.368 e. The number of hydrogen-bond acceptors (Lipinski definition) is 2. The molecule has 0 unspecified atom stereocenters. The summed E-state index contributed by atoms with van der Waals surface area (Å²) in [6, 6.07) is 4.45. The molecular formula is C15H18BrF3N2. The first-order valence-corrected chi connectivity index (χ1v) is 8.06. The minimum absolute atomic E-state index is 0.00813. The Labute approximate surface area is 130 Å². The average Bonchev–Trinajstić information content (AvgIpc) is 2.85. The Morgan fingerprint density at radius 1 is 1.19 bits per heavy atom. The molecule has 1 saturated carbocycles. The van der Waals surface area contributed by atoms with Crippen LogP contribution < -0.4 is 10.2 Å². The number of nitrogens with one attached hydrogen (secondary N) is 1. The molecule has 0 atom stereocenters. The number of halogens is 4. The van der Waals surface area contributed by atoms with Gasteiger partial charge in [-0.15, -0.1) is 0 Å². The van der Waals surface area contributed by atoms with E-state index in [4.69, 9.17) is 0 Å². The fourth-order valence-electron chi connectivity index (χ4n) is 3.56. The minimum atomic E-state index is -4.33. The molecule has 1 saturated heterocycles. The predicted molar refractivity (Wildman–Crippen MR) is 80.6 cm³/mol. The van der Waals surface area contributed by atoms with Crippen LogP contribution in [0.25, 0.3) is 0 Å². The fourth-order valence-corrected chi connectivity index (χ4v) is 3.92. The van der Waals surface area contributed by atoms with Crippen LogP contribution in [0, 0.1) is 0 Å². The van der Waals surface area contributed by atoms with Crippen molar-refractivity contribution in [1.29, 1.82) is 0 Å². The van der Waals surface area contributed by atoms with Crippen LogP contribution in [-0.4, -0.2) is 25.2 Å². The van der Waals surface area contributed by atoms with Gasteiger partial charge in [-0.25, -0.2) is 0 Å². The van der Waals surface area contributed by atoms with Gasteiger partial charge in [0.25, 0.3) is 0 Å². The molecular weight excluding hydrogens is 345 g/mol. The lowest BCUT2D eigenvalue weighted by Gasteiger charge is -2.43. The number of hydrogen-bond donors (Lipinski definition) is 1. The van der Waals surface area contributed by atoms with Crippen LogP contribution in [0.3, 0.4) is 0 Å². The quantitative estimate of drug-likeness (QED) is 0.805. The number of alkyl halides is 3. The van der Waals surface area contributed by atoms with Gasteiger partial charge in [0, 0.05) is 35.3 Å². The van der Waals surface area contributed by atoms with Gasteiger partial charge in [-0.3, -0.25) is 0 Å². The number of anilines is 1. The van der Waals surface area contributed by atoms with Crippen molar-refractivity contribution in [3.8, 4) is 0 Å². The first-order chi connectivity index (χ1) is 9.90. The Bertz CT molecular complexity index is 524. The predicted octanol–water partition coefficient (Wildman–Crippen LogP) is 4.19. The fraction of sp³-hybridized carbons (Fsp3) is 0.600. The molecule has 2 fully saturated rings.